The molecule has 0 aliphatic rings. The maximum Gasteiger partial charge on any atom is 0.264 e. The van der Waals surface area contributed by atoms with Crippen molar-refractivity contribution in [3.63, 3.8) is 0 Å². The third-order valence-corrected chi connectivity index (χ3v) is 9.25. The first-order valence-electron chi connectivity index (χ1n) is 13.4. The standard InChI is InChI=1S/C31H37Cl2N3O4S/c1-20(2)17-34-31(38)24(6)35(18-25-10-11-26(32)16-29(25)33)30(37)19-36(27-12-9-22(4)23(5)15-27)41(39,40)28-13-7-21(3)8-14-28/h7-16,20,24H,17-19H2,1-6H3,(H,34,38)/t24-/m1/s1. The lowest BCUT2D eigenvalue weighted by molar-refractivity contribution is -0.139. The Morgan fingerprint density at radius 2 is 1.54 bits per heavy atom. The lowest BCUT2D eigenvalue weighted by atomic mass is 10.1. The predicted molar refractivity (Wildman–Crippen MR) is 166 cm³/mol. The number of hydrogen-bond donors (Lipinski definition) is 1. The molecule has 0 aliphatic heterocycles. The van der Waals surface area contributed by atoms with E-state index < -0.39 is 28.5 Å². The van der Waals surface area contributed by atoms with E-state index in [-0.39, 0.29) is 23.3 Å². The summed E-state index contributed by atoms with van der Waals surface area (Å²) < 4.78 is 29.0. The second-order valence-electron chi connectivity index (χ2n) is 10.7. The van der Waals surface area contributed by atoms with Gasteiger partial charge in [0.25, 0.3) is 10.0 Å². The van der Waals surface area contributed by atoms with Gasteiger partial charge in [-0.15, -0.1) is 0 Å². The number of aryl methyl sites for hydroxylation is 3. The zero-order valence-electron chi connectivity index (χ0n) is 24.2. The van der Waals surface area contributed by atoms with Crippen LogP contribution in [0.4, 0.5) is 5.69 Å². The Bertz CT molecular complexity index is 1510. The summed E-state index contributed by atoms with van der Waals surface area (Å²) in [6.45, 7) is 11.1. The number of halogens is 2. The summed E-state index contributed by atoms with van der Waals surface area (Å²) >= 11 is 12.5. The van der Waals surface area contributed by atoms with Crippen molar-refractivity contribution in [2.75, 3.05) is 17.4 Å². The van der Waals surface area contributed by atoms with Gasteiger partial charge >= 0.3 is 0 Å². The second kappa shape index (κ2) is 13.7. The molecule has 0 unspecified atom stereocenters. The Morgan fingerprint density at radius 1 is 0.878 bits per heavy atom. The van der Waals surface area contributed by atoms with Crippen molar-refractivity contribution in [3.05, 3.63) is 93.0 Å². The molecule has 0 bridgehead atoms. The Hall–Kier alpha value is -3.07. The fourth-order valence-electron chi connectivity index (χ4n) is 4.12. The van der Waals surface area contributed by atoms with Crippen molar-refractivity contribution < 1.29 is 18.0 Å². The highest BCUT2D eigenvalue weighted by Gasteiger charge is 2.33. The number of hydrogen-bond acceptors (Lipinski definition) is 4. The van der Waals surface area contributed by atoms with Crippen molar-refractivity contribution in [2.24, 2.45) is 5.92 Å². The molecular weight excluding hydrogens is 581 g/mol. The third-order valence-electron chi connectivity index (χ3n) is 6.87. The second-order valence-corrected chi connectivity index (χ2v) is 13.4. The average molecular weight is 619 g/mol. The Morgan fingerprint density at radius 3 is 2.12 bits per heavy atom. The Labute approximate surface area is 253 Å². The van der Waals surface area contributed by atoms with Crippen molar-refractivity contribution in [3.8, 4) is 0 Å². The molecule has 7 nitrogen and oxygen atoms in total. The molecule has 1 atom stereocenters. The fraction of sp³-hybridized carbons (Fsp3) is 0.355. The highest BCUT2D eigenvalue weighted by atomic mass is 35.5. The quantitative estimate of drug-likeness (QED) is 0.273. The van der Waals surface area contributed by atoms with Gasteiger partial charge < -0.3 is 10.2 Å². The van der Waals surface area contributed by atoms with E-state index in [1.807, 2.05) is 40.7 Å². The fourth-order valence-corrected chi connectivity index (χ4v) is 5.99. The molecule has 2 amide bonds. The Kier molecular flexibility index (Phi) is 10.9. The molecule has 0 spiro atoms. The molecule has 0 radical (unpaired) electrons. The number of nitrogens with one attached hydrogen (secondary N) is 1. The van der Waals surface area contributed by atoms with Crippen LogP contribution in [0, 0.1) is 26.7 Å². The van der Waals surface area contributed by atoms with Crippen LogP contribution < -0.4 is 9.62 Å². The van der Waals surface area contributed by atoms with Crippen molar-refractivity contribution >= 4 is 50.7 Å². The first-order chi connectivity index (χ1) is 19.2. The van der Waals surface area contributed by atoms with Crippen LogP contribution in [0.5, 0.6) is 0 Å². The molecule has 1 N–H and O–H groups in total. The number of sulfonamides is 1. The van der Waals surface area contributed by atoms with Gasteiger partial charge in [0.15, 0.2) is 0 Å². The third kappa shape index (κ3) is 8.24. The summed E-state index contributed by atoms with van der Waals surface area (Å²) in [6.07, 6.45) is 0. The van der Waals surface area contributed by atoms with Gasteiger partial charge in [-0.05, 0) is 86.7 Å². The van der Waals surface area contributed by atoms with Crippen LogP contribution >= 0.6 is 23.2 Å². The summed E-state index contributed by atoms with van der Waals surface area (Å²) in [7, 11) is -4.14. The largest absolute Gasteiger partial charge is 0.354 e. The van der Waals surface area contributed by atoms with Crippen LogP contribution in [-0.2, 0) is 26.2 Å². The summed E-state index contributed by atoms with van der Waals surface area (Å²) in [5.41, 5.74) is 3.70. The number of carbonyl (C=O) groups excluding carboxylic acids is 2. The topological polar surface area (TPSA) is 86.8 Å². The summed E-state index contributed by atoms with van der Waals surface area (Å²) in [5, 5.41) is 3.64. The van der Waals surface area contributed by atoms with Gasteiger partial charge in [0, 0.05) is 23.1 Å². The minimum Gasteiger partial charge on any atom is -0.354 e. The monoisotopic (exact) mass is 617 g/mol. The highest BCUT2D eigenvalue weighted by Crippen LogP contribution is 2.28. The van der Waals surface area contributed by atoms with E-state index in [4.69, 9.17) is 23.2 Å². The van der Waals surface area contributed by atoms with Gasteiger partial charge in [-0.3, -0.25) is 13.9 Å². The van der Waals surface area contributed by atoms with Gasteiger partial charge in [0.05, 0.1) is 10.6 Å². The number of benzene rings is 3. The predicted octanol–water partition coefficient (Wildman–Crippen LogP) is 6.30. The van der Waals surface area contributed by atoms with Gasteiger partial charge in [-0.2, -0.15) is 0 Å². The molecule has 0 saturated carbocycles. The summed E-state index contributed by atoms with van der Waals surface area (Å²) in [4.78, 5) is 28.6. The van der Waals surface area contributed by atoms with E-state index >= 15 is 0 Å². The maximum atomic E-state index is 14.0. The van der Waals surface area contributed by atoms with Crippen LogP contribution in [0.25, 0.3) is 0 Å². The van der Waals surface area contributed by atoms with Crippen molar-refractivity contribution in [2.45, 2.75) is 59.0 Å². The van der Waals surface area contributed by atoms with Crippen molar-refractivity contribution in [1.82, 2.24) is 10.2 Å². The van der Waals surface area contributed by atoms with E-state index in [9.17, 15) is 18.0 Å². The van der Waals surface area contributed by atoms with Crippen LogP contribution in [0.3, 0.4) is 0 Å². The average Bonchev–Trinajstić information content (AvgIpc) is 2.91. The molecule has 0 saturated heterocycles. The van der Waals surface area contributed by atoms with E-state index in [0.717, 1.165) is 21.0 Å². The van der Waals surface area contributed by atoms with Gasteiger partial charge in [0.1, 0.15) is 12.6 Å². The van der Waals surface area contributed by atoms with Gasteiger partial charge in [-0.25, -0.2) is 8.42 Å². The molecule has 220 valence electrons. The van der Waals surface area contributed by atoms with E-state index in [0.29, 0.717) is 27.8 Å². The molecule has 3 aromatic carbocycles. The normalized spacial score (nSPS) is 12.2. The lowest BCUT2D eigenvalue weighted by Gasteiger charge is -2.32. The number of amides is 2. The first-order valence-corrected chi connectivity index (χ1v) is 15.6. The minimum atomic E-state index is -4.14. The molecular formula is C31H37Cl2N3O4S. The first kappa shape index (κ1) is 32.4. The number of carbonyl (C=O) groups is 2. The molecule has 3 aromatic rings. The number of nitrogens with zero attached hydrogens (tertiary/aromatic N) is 2. The highest BCUT2D eigenvalue weighted by molar-refractivity contribution is 7.92. The van der Waals surface area contributed by atoms with E-state index in [1.165, 1.54) is 17.0 Å². The summed E-state index contributed by atoms with van der Waals surface area (Å²) in [6, 6.07) is 15.7. The zero-order chi connectivity index (χ0) is 30.5. The SMILES string of the molecule is Cc1ccc(S(=O)(=O)N(CC(=O)N(Cc2ccc(Cl)cc2Cl)[C@H](C)C(=O)NCC(C)C)c2ccc(C)c(C)c2)cc1. The molecule has 41 heavy (non-hydrogen) atoms. The van der Waals surface area contributed by atoms with Crippen LogP contribution in [-0.4, -0.2) is 44.3 Å². The minimum absolute atomic E-state index is 0.0174. The molecule has 0 fully saturated rings. The number of anilines is 1. The maximum absolute atomic E-state index is 14.0. The number of rotatable bonds is 11. The van der Waals surface area contributed by atoms with E-state index in [2.05, 4.69) is 5.32 Å². The van der Waals surface area contributed by atoms with Gasteiger partial charge in [0.2, 0.25) is 11.8 Å². The smallest absolute Gasteiger partial charge is 0.264 e. The molecule has 3 rings (SSSR count). The lowest BCUT2D eigenvalue weighted by Crippen LogP contribution is -2.51. The van der Waals surface area contributed by atoms with Gasteiger partial charge in [-0.1, -0.05) is 66.9 Å². The molecule has 0 heterocycles. The molecule has 10 heteroatoms. The summed E-state index contributed by atoms with van der Waals surface area (Å²) in [5.74, 6) is -0.700. The van der Waals surface area contributed by atoms with E-state index in [1.54, 1.807) is 49.4 Å². The van der Waals surface area contributed by atoms with Crippen LogP contribution in [0.15, 0.2) is 65.6 Å². The molecule has 0 aromatic heterocycles. The molecule has 0 aliphatic carbocycles. The Balaban J connectivity index is 2.06. The van der Waals surface area contributed by atoms with Crippen molar-refractivity contribution in [1.29, 1.82) is 0 Å². The van der Waals surface area contributed by atoms with Crippen LogP contribution in [0.1, 0.15) is 43.0 Å². The zero-order valence-corrected chi connectivity index (χ0v) is 26.6. The van der Waals surface area contributed by atoms with Crippen LogP contribution in [0.2, 0.25) is 10.0 Å².